The molecule has 3 N–H and O–H groups in total. The van der Waals surface area contributed by atoms with Gasteiger partial charge in [-0.1, -0.05) is 30.3 Å². The van der Waals surface area contributed by atoms with Crippen LogP contribution in [0.2, 0.25) is 0 Å². The fourth-order valence-corrected chi connectivity index (χ4v) is 2.21. The number of aromatic nitrogens is 1. The zero-order valence-electron chi connectivity index (χ0n) is 14.5. The summed E-state index contributed by atoms with van der Waals surface area (Å²) in [7, 11) is 1.37. The molecule has 9 heteroatoms. The van der Waals surface area contributed by atoms with Crippen LogP contribution < -0.4 is 5.32 Å². The summed E-state index contributed by atoms with van der Waals surface area (Å²) < 4.78 is 4.99. The Hall–Kier alpha value is -3.62. The number of carbonyl (C=O) groups excluding carboxylic acids is 2. The number of aliphatic carboxylic acids is 1. The van der Waals surface area contributed by atoms with Crippen LogP contribution in [-0.2, 0) is 16.1 Å². The summed E-state index contributed by atoms with van der Waals surface area (Å²) in [5.41, 5.74) is 0.844. The number of carboxylic acids is 1. The largest absolute Gasteiger partial charge is 0.506 e. The van der Waals surface area contributed by atoms with Gasteiger partial charge in [-0.3, -0.25) is 9.78 Å². The van der Waals surface area contributed by atoms with E-state index in [1.54, 1.807) is 24.3 Å². The maximum Gasteiger partial charge on any atom is 0.408 e. The summed E-state index contributed by atoms with van der Waals surface area (Å²) >= 11 is 0. The SMILES string of the molecule is CN(CC(NC(=O)OCc1ccccc1)C(=O)O)C(=O)c1cncc(O)c1. The van der Waals surface area contributed by atoms with Crippen LogP contribution in [0.15, 0.2) is 48.8 Å². The van der Waals surface area contributed by atoms with Crippen LogP contribution in [0, 0.1) is 0 Å². The number of pyridine rings is 1. The van der Waals surface area contributed by atoms with Crippen molar-refractivity contribution in [3.05, 3.63) is 59.9 Å². The average Bonchev–Trinajstić information content (AvgIpc) is 2.66. The number of aromatic hydroxyl groups is 1. The highest BCUT2D eigenvalue weighted by molar-refractivity contribution is 5.94. The number of carbonyl (C=O) groups is 3. The molecule has 2 aromatic rings. The first-order chi connectivity index (χ1) is 12.9. The van der Waals surface area contributed by atoms with Gasteiger partial charge < -0.3 is 25.2 Å². The van der Waals surface area contributed by atoms with Crippen molar-refractivity contribution < 1.29 is 29.3 Å². The van der Waals surface area contributed by atoms with Gasteiger partial charge in [0, 0.05) is 13.2 Å². The van der Waals surface area contributed by atoms with Crippen molar-refractivity contribution >= 4 is 18.0 Å². The molecule has 1 atom stereocenters. The molecule has 2 rings (SSSR count). The smallest absolute Gasteiger partial charge is 0.408 e. The van der Waals surface area contributed by atoms with E-state index in [1.165, 1.54) is 25.5 Å². The Morgan fingerprint density at radius 2 is 1.93 bits per heavy atom. The number of amides is 2. The first-order valence-corrected chi connectivity index (χ1v) is 7.96. The monoisotopic (exact) mass is 373 g/mol. The zero-order valence-corrected chi connectivity index (χ0v) is 14.5. The molecule has 1 heterocycles. The lowest BCUT2D eigenvalue weighted by Crippen LogP contribution is -2.49. The van der Waals surface area contributed by atoms with Crippen LogP contribution in [-0.4, -0.2) is 57.7 Å². The van der Waals surface area contributed by atoms with Crippen LogP contribution in [0.5, 0.6) is 5.75 Å². The van der Waals surface area contributed by atoms with Gasteiger partial charge in [-0.25, -0.2) is 9.59 Å². The van der Waals surface area contributed by atoms with Crippen molar-refractivity contribution in [3.63, 3.8) is 0 Å². The standard InChI is InChI=1S/C18H19N3O6/c1-21(16(23)13-7-14(22)9-19-8-13)10-15(17(24)25)20-18(26)27-11-12-5-3-2-4-6-12/h2-9,15,22H,10-11H2,1H3,(H,20,26)(H,24,25). The summed E-state index contributed by atoms with van der Waals surface area (Å²) in [5.74, 6) is -2.06. The molecule has 142 valence electrons. The van der Waals surface area contributed by atoms with E-state index < -0.39 is 24.0 Å². The minimum absolute atomic E-state index is 0.0112. The van der Waals surface area contributed by atoms with Gasteiger partial charge in [0.15, 0.2) is 0 Å². The molecular weight excluding hydrogens is 354 g/mol. The highest BCUT2D eigenvalue weighted by Gasteiger charge is 2.25. The lowest BCUT2D eigenvalue weighted by molar-refractivity contribution is -0.139. The van der Waals surface area contributed by atoms with Crippen molar-refractivity contribution in [1.82, 2.24) is 15.2 Å². The number of likely N-dealkylation sites (N-methyl/N-ethyl adjacent to an activating group) is 1. The fourth-order valence-electron chi connectivity index (χ4n) is 2.21. The van der Waals surface area contributed by atoms with Crippen LogP contribution in [0.25, 0.3) is 0 Å². The van der Waals surface area contributed by atoms with Gasteiger partial charge in [-0.2, -0.15) is 0 Å². The Labute approximate surface area is 155 Å². The topological polar surface area (TPSA) is 129 Å². The Morgan fingerprint density at radius 3 is 2.56 bits per heavy atom. The zero-order chi connectivity index (χ0) is 19.8. The van der Waals surface area contributed by atoms with Crippen LogP contribution >= 0.6 is 0 Å². The second-order valence-electron chi connectivity index (χ2n) is 5.71. The molecule has 0 saturated heterocycles. The summed E-state index contributed by atoms with van der Waals surface area (Å²) in [6.45, 7) is -0.312. The van der Waals surface area contributed by atoms with Crippen molar-refractivity contribution in [3.8, 4) is 5.75 Å². The number of ether oxygens (including phenoxy) is 1. The Balaban J connectivity index is 1.93. The molecule has 1 unspecified atom stereocenters. The molecule has 1 aromatic heterocycles. The maximum absolute atomic E-state index is 12.3. The molecule has 1 aromatic carbocycles. The van der Waals surface area contributed by atoms with Gasteiger partial charge in [0.2, 0.25) is 0 Å². The number of hydrogen-bond acceptors (Lipinski definition) is 6. The summed E-state index contributed by atoms with van der Waals surface area (Å²) in [5, 5.41) is 20.9. The number of nitrogens with zero attached hydrogens (tertiary/aromatic N) is 2. The Bertz CT molecular complexity index is 812. The molecule has 9 nitrogen and oxygen atoms in total. The highest BCUT2D eigenvalue weighted by Crippen LogP contribution is 2.10. The summed E-state index contributed by atoms with van der Waals surface area (Å²) in [4.78, 5) is 40.3. The predicted molar refractivity (Wildman–Crippen MR) is 94.0 cm³/mol. The van der Waals surface area contributed by atoms with E-state index in [4.69, 9.17) is 4.74 Å². The molecule has 0 aliphatic heterocycles. The molecular formula is C18H19N3O6. The van der Waals surface area contributed by atoms with Crippen molar-refractivity contribution in [2.24, 2.45) is 0 Å². The van der Waals surface area contributed by atoms with Gasteiger partial charge in [-0.15, -0.1) is 0 Å². The van der Waals surface area contributed by atoms with E-state index in [0.29, 0.717) is 0 Å². The second-order valence-corrected chi connectivity index (χ2v) is 5.71. The van der Waals surface area contributed by atoms with Gasteiger partial charge in [0.05, 0.1) is 18.3 Å². The average molecular weight is 373 g/mol. The Morgan fingerprint density at radius 1 is 1.22 bits per heavy atom. The predicted octanol–water partition coefficient (Wildman–Crippen LogP) is 1.24. The molecule has 0 saturated carbocycles. The van der Waals surface area contributed by atoms with E-state index in [9.17, 15) is 24.6 Å². The second kappa shape index (κ2) is 9.18. The minimum Gasteiger partial charge on any atom is -0.506 e. The third-order valence-corrected chi connectivity index (χ3v) is 3.58. The van der Waals surface area contributed by atoms with Crippen molar-refractivity contribution in [2.75, 3.05) is 13.6 Å². The van der Waals surface area contributed by atoms with Gasteiger partial charge >= 0.3 is 12.1 Å². The van der Waals surface area contributed by atoms with E-state index in [0.717, 1.165) is 10.5 Å². The lowest BCUT2D eigenvalue weighted by Gasteiger charge is -2.22. The third-order valence-electron chi connectivity index (χ3n) is 3.58. The van der Waals surface area contributed by atoms with Gasteiger partial charge in [0.25, 0.3) is 5.91 Å². The third kappa shape index (κ3) is 5.99. The summed E-state index contributed by atoms with van der Waals surface area (Å²) in [6.07, 6.45) is 1.50. The first kappa shape index (κ1) is 19.7. The number of hydrogen-bond donors (Lipinski definition) is 3. The molecule has 0 aliphatic carbocycles. The van der Waals surface area contributed by atoms with Gasteiger partial charge in [-0.05, 0) is 11.6 Å². The first-order valence-electron chi connectivity index (χ1n) is 7.96. The van der Waals surface area contributed by atoms with E-state index in [2.05, 4.69) is 10.3 Å². The maximum atomic E-state index is 12.3. The molecule has 0 fully saturated rings. The van der Waals surface area contributed by atoms with E-state index in [-0.39, 0.29) is 24.5 Å². The van der Waals surface area contributed by atoms with Crippen LogP contribution in [0.3, 0.4) is 0 Å². The van der Waals surface area contributed by atoms with Crippen LogP contribution in [0.4, 0.5) is 4.79 Å². The molecule has 27 heavy (non-hydrogen) atoms. The van der Waals surface area contributed by atoms with Crippen molar-refractivity contribution in [1.29, 1.82) is 0 Å². The molecule has 0 aliphatic rings. The lowest BCUT2D eigenvalue weighted by atomic mass is 10.2. The minimum atomic E-state index is -1.37. The number of alkyl carbamates (subject to hydrolysis) is 1. The molecule has 0 spiro atoms. The number of nitrogens with one attached hydrogen (secondary N) is 1. The molecule has 0 radical (unpaired) electrons. The van der Waals surface area contributed by atoms with E-state index >= 15 is 0 Å². The summed E-state index contributed by atoms with van der Waals surface area (Å²) in [6, 6.07) is 8.76. The van der Waals surface area contributed by atoms with Gasteiger partial charge in [0.1, 0.15) is 18.4 Å². The number of carboxylic acid groups (broad SMARTS) is 1. The number of rotatable bonds is 7. The Kier molecular flexibility index (Phi) is 6.70. The molecule has 0 bridgehead atoms. The fraction of sp³-hybridized carbons (Fsp3) is 0.222. The van der Waals surface area contributed by atoms with Crippen molar-refractivity contribution in [2.45, 2.75) is 12.6 Å². The normalized spacial score (nSPS) is 11.3. The molecule has 2 amide bonds. The quantitative estimate of drug-likeness (QED) is 0.666. The van der Waals surface area contributed by atoms with Crippen LogP contribution in [0.1, 0.15) is 15.9 Å². The number of benzene rings is 1. The van der Waals surface area contributed by atoms with E-state index in [1.807, 2.05) is 6.07 Å². The highest BCUT2D eigenvalue weighted by atomic mass is 16.5.